The molecule has 0 bridgehead atoms. The molecule has 2 aromatic carbocycles. The second kappa shape index (κ2) is 9.07. The molecule has 0 saturated carbocycles. The maximum absolute atomic E-state index is 13.2. The molecule has 0 spiro atoms. The number of fused-ring (bicyclic) bond motifs is 1. The molecule has 10 heteroatoms. The number of aromatic amines is 1. The van der Waals surface area contributed by atoms with Gasteiger partial charge in [-0.25, -0.2) is 4.98 Å². The fourth-order valence-corrected chi connectivity index (χ4v) is 3.95. The maximum atomic E-state index is 13.2. The molecule has 0 fully saturated rings. The van der Waals surface area contributed by atoms with Crippen LogP contribution in [0.2, 0.25) is 0 Å². The summed E-state index contributed by atoms with van der Waals surface area (Å²) in [6, 6.07) is 10.3. The van der Waals surface area contributed by atoms with E-state index in [4.69, 9.17) is 12.2 Å². The minimum Gasteiger partial charge on any atom is -0.352 e. The molecule has 2 heterocycles. The Morgan fingerprint density at radius 1 is 1.24 bits per heavy atom. The Morgan fingerprint density at radius 2 is 2.03 bits per heavy atom. The van der Waals surface area contributed by atoms with Crippen LogP contribution in [-0.2, 0) is 6.42 Å². The molecule has 170 valence electrons. The van der Waals surface area contributed by atoms with Crippen molar-refractivity contribution in [2.75, 3.05) is 6.54 Å². The fraction of sp³-hybridized carbons (Fsp3) is 0.217. The third-order valence-electron chi connectivity index (χ3n) is 5.57. The molecule has 0 aliphatic rings. The summed E-state index contributed by atoms with van der Waals surface area (Å²) in [6.45, 7) is 1.33. The summed E-state index contributed by atoms with van der Waals surface area (Å²) in [5.41, 5.74) is 3.15. The molecule has 4 rings (SSSR count). The average molecular weight is 470 g/mol. The lowest BCUT2D eigenvalue weighted by atomic mass is 10.1. The SMILES string of the molecule is Cc1cccc(-n2c(=S)[nH]c3cc(C(=O)NCCc4nccn4C(F)F)ccc3c2=O)c1C. The van der Waals surface area contributed by atoms with E-state index in [9.17, 15) is 18.4 Å². The lowest BCUT2D eigenvalue weighted by Gasteiger charge is -2.13. The number of carbonyl (C=O) groups is 1. The van der Waals surface area contributed by atoms with Crippen LogP contribution in [0, 0.1) is 18.6 Å². The third-order valence-corrected chi connectivity index (χ3v) is 5.85. The Labute approximate surface area is 192 Å². The van der Waals surface area contributed by atoms with Crippen molar-refractivity contribution in [1.82, 2.24) is 24.4 Å². The lowest BCUT2D eigenvalue weighted by molar-refractivity contribution is 0.0670. The zero-order chi connectivity index (χ0) is 23.7. The number of H-pyrrole nitrogens is 1. The van der Waals surface area contributed by atoms with E-state index in [-0.39, 0.29) is 29.1 Å². The number of hydrogen-bond donors (Lipinski definition) is 2. The largest absolute Gasteiger partial charge is 0.352 e. The highest BCUT2D eigenvalue weighted by Gasteiger charge is 2.14. The van der Waals surface area contributed by atoms with Gasteiger partial charge in [0.2, 0.25) is 0 Å². The van der Waals surface area contributed by atoms with E-state index in [1.54, 1.807) is 18.2 Å². The van der Waals surface area contributed by atoms with Gasteiger partial charge in [0.1, 0.15) is 5.82 Å². The second-order valence-electron chi connectivity index (χ2n) is 7.58. The topological polar surface area (TPSA) is 84.7 Å². The molecule has 7 nitrogen and oxygen atoms in total. The molecule has 0 saturated heterocycles. The molecule has 0 aliphatic carbocycles. The van der Waals surface area contributed by atoms with Crippen LogP contribution >= 0.6 is 12.2 Å². The number of rotatable bonds is 6. The van der Waals surface area contributed by atoms with Gasteiger partial charge >= 0.3 is 6.55 Å². The first-order valence-corrected chi connectivity index (χ1v) is 10.6. The number of aryl methyl sites for hydroxylation is 1. The zero-order valence-corrected chi connectivity index (χ0v) is 18.7. The van der Waals surface area contributed by atoms with Crippen molar-refractivity contribution in [2.24, 2.45) is 0 Å². The zero-order valence-electron chi connectivity index (χ0n) is 17.9. The van der Waals surface area contributed by atoms with E-state index in [2.05, 4.69) is 15.3 Å². The van der Waals surface area contributed by atoms with Gasteiger partial charge in [-0.05, 0) is 61.5 Å². The molecule has 4 aromatic rings. The normalized spacial score (nSPS) is 11.3. The van der Waals surface area contributed by atoms with E-state index < -0.39 is 12.5 Å². The van der Waals surface area contributed by atoms with Crippen molar-refractivity contribution in [2.45, 2.75) is 26.8 Å². The van der Waals surface area contributed by atoms with Crippen molar-refractivity contribution in [3.05, 3.63) is 86.4 Å². The van der Waals surface area contributed by atoms with Crippen LogP contribution in [0.15, 0.2) is 53.6 Å². The monoisotopic (exact) mass is 469 g/mol. The predicted octanol–water partition coefficient (Wildman–Crippen LogP) is 4.23. The van der Waals surface area contributed by atoms with Crippen molar-refractivity contribution in [1.29, 1.82) is 0 Å². The van der Waals surface area contributed by atoms with Gasteiger partial charge in [0.25, 0.3) is 11.5 Å². The number of halogens is 2. The molecule has 2 N–H and O–H groups in total. The second-order valence-corrected chi connectivity index (χ2v) is 7.97. The Morgan fingerprint density at radius 3 is 2.79 bits per heavy atom. The van der Waals surface area contributed by atoms with Gasteiger partial charge in [-0.3, -0.25) is 18.7 Å². The Kier molecular flexibility index (Phi) is 6.19. The highest BCUT2D eigenvalue weighted by atomic mass is 32.1. The Balaban J connectivity index is 1.59. The number of alkyl halides is 2. The van der Waals surface area contributed by atoms with Crippen molar-refractivity contribution in [3.63, 3.8) is 0 Å². The highest BCUT2D eigenvalue weighted by Crippen LogP contribution is 2.18. The molecule has 2 aromatic heterocycles. The van der Waals surface area contributed by atoms with Gasteiger partial charge < -0.3 is 10.3 Å². The lowest BCUT2D eigenvalue weighted by Crippen LogP contribution is -2.27. The van der Waals surface area contributed by atoms with Crippen LogP contribution in [-0.4, -0.2) is 31.6 Å². The number of aromatic nitrogens is 4. The van der Waals surface area contributed by atoms with Gasteiger partial charge in [0.05, 0.1) is 16.6 Å². The van der Waals surface area contributed by atoms with Crippen LogP contribution in [0.1, 0.15) is 33.9 Å². The fourth-order valence-electron chi connectivity index (χ4n) is 3.66. The molecular weight excluding hydrogens is 448 g/mol. The van der Waals surface area contributed by atoms with Gasteiger partial charge in [-0.2, -0.15) is 8.78 Å². The third kappa shape index (κ3) is 4.34. The van der Waals surface area contributed by atoms with Crippen molar-refractivity contribution in [3.8, 4) is 5.69 Å². The number of benzene rings is 2. The Bertz CT molecular complexity index is 1470. The standard InChI is InChI=1S/C23H21F2N5O2S/c1-13-4-3-5-18(14(13)2)30-21(32)16-7-6-15(12-17(16)28-23(30)33)20(31)27-9-8-19-26-10-11-29(19)22(24)25/h3-7,10-12,22H,8-9H2,1-2H3,(H,27,31)(H,28,33). The predicted molar refractivity (Wildman–Crippen MR) is 124 cm³/mol. The summed E-state index contributed by atoms with van der Waals surface area (Å²) in [5, 5.41) is 3.08. The van der Waals surface area contributed by atoms with Crippen LogP contribution in [0.25, 0.3) is 16.6 Å². The smallest absolute Gasteiger partial charge is 0.319 e. The van der Waals surface area contributed by atoms with Crippen LogP contribution in [0.4, 0.5) is 8.78 Å². The Hall–Kier alpha value is -3.66. The van der Waals surface area contributed by atoms with Crippen LogP contribution in [0.3, 0.4) is 0 Å². The average Bonchev–Trinajstić information content (AvgIpc) is 3.25. The van der Waals surface area contributed by atoms with Gasteiger partial charge in [-0.1, -0.05) is 12.1 Å². The van der Waals surface area contributed by atoms with E-state index in [1.807, 2.05) is 32.0 Å². The number of hydrogen-bond acceptors (Lipinski definition) is 4. The van der Waals surface area contributed by atoms with E-state index in [1.165, 1.54) is 17.0 Å². The summed E-state index contributed by atoms with van der Waals surface area (Å²) >= 11 is 5.45. The molecule has 0 unspecified atom stereocenters. The number of nitrogens with one attached hydrogen (secondary N) is 2. The first-order chi connectivity index (χ1) is 15.8. The summed E-state index contributed by atoms with van der Waals surface area (Å²) in [5.74, 6) is -0.218. The van der Waals surface area contributed by atoms with Crippen LogP contribution in [0.5, 0.6) is 0 Å². The molecule has 0 aliphatic heterocycles. The molecule has 1 amide bonds. The van der Waals surface area contributed by atoms with Crippen molar-refractivity contribution < 1.29 is 13.6 Å². The number of nitrogens with zero attached hydrogens (tertiary/aromatic N) is 3. The molecule has 33 heavy (non-hydrogen) atoms. The van der Waals surface area contributed by atoms with Gasteiger partial charge in [0, 0.05) is 30.9 Å². The maximum Gasteiger partial charge on any atom is 0.319 e. The van der Waals surface area contributed by atoms with E-state index >= 15 is 0 Å². The van der Waals surface area contributed by atoms with Gasteiger partial charge in [0.15, 0.2) is 4.77 Å². The van der Waals surface area contributed by atoms with Crippen LogP contribution < -0.4 is 10.9 Å². The number of imidazole rings is 1. The minimum absolute atomic E-state index is 0.130. The summed E-state index contributed by atoms with van der Waals surface area (Å²) in [7, 11) is 0. The first-order valence-electron chi connectivity index (χ1n) is 10.2. The van der Waals surface area contributed by atoms with Gasteiger partial charge in [-0.15, -0.1) is 0 Å². The number of amides is 1. The molecule has 0 atom stereocenters. The minimum atomic E-state index is -2.69. The quantitative estimate of drug-likeness (QED) is 0.414. The highest BCUT2D eigenvalue weighted by molar-refractivity contribution is 7.71. The summed E-state index contributed by atoms with van der Waals surface area (Å²) in [6.07, 6.45) is 2.64. The molecule has 0 radical (unpaired) electrons. The van der Waals surface area contributed by atoms with E-state index in [0.29, 0.717) is 22.2 Å². The van der Waals surface area contributed by atoms with E-state index in [0.717, 1.165) is 15.7 Å². The summed E-state index contributed by atoms with van der Waals surface area (Å²) in [4.78, 5) is 32.7. The summed E-state index contributed by atoms with van der Waals surface area (Å²) < 4.78 is 28.2. The first kappa shape index (κ1) is 22.5. The van der Waals surface area contributed by atoms with Crippen molar-refractivity contribution >= 4 is 29.0 Å². The number of carbonyl (C=O) groups excluding carboxylic acids is 1. The molecular formula is C23H21F2N5O2S.